The first-order chi connectivity index (χ1) is 12.9. The normalized spacial score (nSPS) is 21.4. The Bertz CT molecular complexity index is 634. The Hall–Kier alpha value is -2.27. The van der Waals surface area contributed by atoms with Crippen LogP contribution in [0.1, 0.15) is 38.5 Å². The smallest absolute Gasteiger partial charge is 0.311 e. The fourth-order valence-corrected chi connectivity index (χ4v) is 2.91. The van der Waals surface area contributed by atoms with Crippen LogP contribution in [0.2, 0.25) is 0 Å². The molecule has 2 aliphatic rings. The Morgan fingerprint density at radius 1 is 1.26 bits per heavy atom. The minimum absolute atomic E-state index is 0.175. The van der Waals surface area contributed by atoms with Crippen molar-refractivity contribution in [2.45, 2.75) is 44.4 Å². The summed E-state index contributed by atoms with van der Waals surface area (Å²) >= 11 is 0. The Labute approximate surface area is 157 Å². The third kappa shape index (κ3) is 6.75. The van der Waals surface area contributed by atoms with Crippen molar-refractivity contribution in [3.8, 4) is 11.8 Å². The van der Waals surface area contributed by atoms with E-state index in [9.17, 15) is 23.2 Å². The second-order valence-electron chi connectivity index (χ2n) is 6.55. The highest BCUT2D eigenvalue weighted by Crippen LogP contribution is 2.32. The van der Waals surface area contributed by atoms with Gasteiger partial charge >= 0.3 is 5.92 Å². The summed E-state index contributed by atoms with van der Waals surface area (Å²) in [6.07, 6.45) is 4.89. The Morgan fingerprint density at radius 2 is 2.00 bits per heavy atom. The monoisotopic (exact) mass is 382 g/mol. The van der Waals surface area contributed by atoms with E-state index < -0.39 is 17.7 Å². The lowest BCUT2D eigenvalue weighted by Gasteiger charge is -2.23. The highest BCUT2D eigenvalue weighted by Gasteiger charge is 2.38. The molecule has 0 radical (unpaired) electrons. The second-order valence-corrected chi connectivity index (χ2v) is 6.55. The van der Waals surface area contributed by atoms with Crippen molar-refractivity contribution in [1.29, 1.82) is 0 Å². The predicted molar refractivity (Wildman–Crippen MR) is 93.6 cm³/mol. The number of carbonyl (C=O) groups is 3. The van der Waals surface area contributed by atoms with Gasteiger partial charge in [-0.25, -0.2) is 0 Å². The maximum absolute atomic E-state index is 14.0. The number of halogens is 2. The topological polar surface area (TPSA) is 75.7 Å². The molecule has 0 bridgehead atoms. The molecule has 0 saturated heterocycles. The van der Waals surface area contributed by atoms with Gasteiger partial charge in [-0.2, -0.15) is 8.78 Å². The molecule has 1 unspecified atom stereocenters. The predicted octanol–water partition coefficient (Wildman–Crippen LogP) is 1.65. The second kappa shape index (κ2) is 10.2. The van der Waals surface area contributed by atoms with Crippen LogP contribution in [0.15, 0.2) is 12.2 Å². The van der Waals surface area contributed by atoms with Gasteiger partial charge in [0.2, 0.25) is 5.91 Å². The van der Waals surface area contributed by atoms with E-state index in [1.165, 1.54) is 12.2 Å². The fraction of sp³-hybridized carbons (Fsp3) is 0.632. The molecule has 8 heteroatoms. The quantitative estimate of drug-likeness (QED) is 0.374. The summed E-state index contributed by atoms with van der Waals surface area (Å²) in [6, 6.07) is 0. The van der Waals surface area contributed by atoms with Crippen LogP contribution in [-0.2, 0) is 19.1 Å². The minimum Gasteiger partial charge on any atom is -0.380 e. The van der Waals surface area contributed by atoms with Crippen molar-refractivity contribution in [1.82, 2.24) is 10.2 Å². The van der Waals surface area contributed by atoms with Gasteiger partial charge in [0.15, 0.2) is 0 Å². The summed E-state index contributed by atoms with van der Waals surface area (Å²) in [5.41, 5.74) is 0. The molecule has 6 nitrogen and oxygen atoms in total. The first-order valence-corrected chi connectivity index (χ1v) is 9.16. The van der Waals surface area contributed by atoms with Crippen LogP contribution < -0.4 is 5.32 Å². The van der Waals surface area contributed by atoms with Gasteiger partial charge in [-0.05, 0) is 25.2 Å². The van der Waals surface area contributed by atoms with Crippen LogP contribution in [0, 0.1) is 17.8 Å². The highest BCUT2D eigenvalue weighted by molar-refractivity contribution is 6.12. The number of ether oxygens (including phenoxy) is 1. The van der Waals surface area contributed by atoms with E-state index in [1.54, 1.807) is 0 Å². The van der Waals surface area contributed by atoms with Gasteiger partial charge < -0.3 is 10.1 Å². The maximum Gasteiger partial charge on any atom is 0.311 e. The van der Waals surface area contributed by atoms with Crippen molar-refractivity contribution in [3.05, 3.63) is 12.2 Å². The molecular formula is C19H24F2N2O4. The van der Waals surface area contributed by atoms with E-state index in [0.717, 1.165) is 11.3 Å². The van der Waals surface area contributed by atoms with E-state index in [-0.39, 0.29) is 31.4 Å². The number of imide groups is 1. The molecule has 0 fully saturated rings. The molecular weight excluding hydrogens is 358 g/mol. The third-order valence-electron chi connectivity index (χ3n) is 4.45. The van der Waals surface area contributed by atoms with Gasteiger partial charge in [0.1, 0.15) is 0 Å². The molecule has 1 heterocycles. The minimum atomic E-state index is -3.12. The zero-order valence-corrected chi connectivity index (χ0v) is 15.1. The summed E-state index contributed by atoms with van der Waals surface area (Å²) in [5.74, 6) is -0.824. The van der Waals surface area contributed by atoms with Gasteiger partial charge in [0.05, 0.1) is 13.2 Å². The molecule has 148 valence electrons. The van der Waals surface area contributed by atoms with Crippen molar-refractivity contribution in [2.75, 3.05) is 26.3 Å². The Kier molecular flexibility index (Phi) is 7.92. The number of nitrogens with one attached hydrogen (secondary N) is 1. The third-order valence-corrected chi connectivity index (χ3v) is 4.45. The molecule has 0 spiro atoms. The van der Waals surface area contributed by atoms with Gasteiger partial charge in [0.25, 0.3) is 11.8 Å². The number of hydrogen-bond donors (Lipinski definition) is 1. The van der Waals surface area contributed by atoms with Crippen molar-refractivity contribution >= 4 is 17.7 Å². The number of alkyl halides is 2. The van der Waals surface area contributed by atoms with Crippen molar-refractivity contribution < 1.29 is 27.9 Å². The molecule has 3 amide bonds. The van der Waals surface area contributed by atoms with Crippen LogP contribution in [-0.4, -0.2) is 54.8 Å². The number of hydrogen-bond acceptors (Lipinski definition) is 4. The molecule has 2 rings (SSSR count). The lowest BCUT2D eigenvalue weighted by atomic mass is 9.89. The fourth-order valence-electron chi connectivity index (χ4n) is 2.91. The highest BCUT2D eigenvalue weighted by atomic mass is 19.3. The molecule has 1 aliphatic carbocycles. The van der Waals surface area contributed by atoms with E-state index in [0.29, 0.717) is 38.8 Å². The first-order valence-electron chi connectivity index (χ1n) is 9.16. The number of carbonyl (C=O) groups excluding carboxylic acids is 3. The van der Waals surface area contributed by atoms with E-state index in [2.05, 4.69) is 11.2 Å². The van der Waals surface area contributed by atoms with E-state index >= 15 is 0 Å². The summed E-state index contributed by atoms with van der Waals surface area (Å²) in [5, 5.41) is 2.62. The SMILES string of the molecule is O=C(CC1CCCCC#CC1(F)F)NCCCOCCN1C(=O)C=CC1=O. The summed E-state index contributed by atoms with van der Waals surface area (Å²) in [6.45, 7) is 1.02. The van der Waals surface area contributed by atoms with Gasteiger partial charge in [-0.3, -0.25) is 19.3 Å². The number of amides is 3. The number of nitrogens with zero attached hydrogens (tertiary/aromatic N) is 1. The zero-order valence-electron chi connectivity index (χ0n) is 15.1. The summed E-state index contributed by atoms with van der Waals surface area (Å²) in [4.78, 5) is 35.7. The van der Waals surface area contributed by atoms with Crippen LogP contribution in [0.4, 0.5) is 8.78 Å². The van der Waals surface area contributed by atoms with Gasteiger partial charge in [-0.1, -0.05) is 12.3 Å². The number of rotatable bonds is 9. The molecule has 1 N–H and O–H groups in total. The van der Waals surface area contributed by atoms with Gasteiger partial charge in [0, 0.05) is 44.1 Å². The van der Waals surface area contributed by atoms with Crippen LogP contribution in [0.5, 0.6) is 0 Å². The average molecular weight is 382 g/mol. The maximum atomic E-state index is 14.0. The Morgan fingerprint density at radius 3 is 2.74 bits per heavy atom. The van der Waals surface area contributed by atoms with Crippen LogP contribution in [0.3, 0.4) is 0 Å². The summed E-state index contributed by atoms with van der Waals surface area (Å²) < 4.78 is 33.2. The molecule has 27 heavy (non-hydrogen) atoms. The van der Waals surface area contributed by atoms with Crippen molar-refractivity contribution in [2.24, 2.45) is 5.92 Å². The van der Waals surface area contributed by atoms with E-state index in [1.807, 2.05) is 5.92 Å². The lowest BCUT2D eigenvalue weighted by Crippen LogP contribution is -2.34. The average Bonchev–Trinajstić information content (AvgIpc) is 2.93. The molecule has 1 atom stereocenters. The lowest BCUT2D eigenvalue weighted by molar-refractivity contribution is -0.137. The van der Waals surface area contributed by atoms with Crippen molar-refractivity contribution in [3.63, 3.8) is 0 Å². The van der Waals surface area contributed by atoms with Crippen LogP contribution in [0.25, 0.3) is 0 Å². The molecule has 0 aromatic rings. The van der Waals surface area contributed by atoms with Gasteiger partial charge in [-0.15, -0.1) is 0 Å². The summed E-state index contributed by atoms with van der Waals surface area (Å²) in [7, 11) is 0. The standard InChI is InChI=1S/C19H24F2N2O4/c20-19(21)9-4-2-1-3-6-15(19)14-16(24)22-10-5-12-27-13-11-23-17(25)7-8-18(23)26/h7-8,15H,1-3,5-6,10-14H2,(H,22,24). The molecule has 0 aromatic heterocycles. The largest absolute Gasteiger partial charge is 0.380 e. The molecule has 1 aliphatic heterocycles. The van der Waals surface area contributed by atoms with Crippen LogP contribution >= 0.6 is 0 Å². The first kappa shape index (κ1) is 21.0. The zero-order chi connectivity index (χ0) is 19.7. The Balaban J connectivity index is 1.57. The molecule has 0 saturated carbocycles. The van der Waals surface area contributed by atoms with E-state index in [4.69, 9.17) is 4.74 Å². The molecule has 0 aromatic carbocycles.